The summed E-state index contributed by atoms with van der Waals surface area (Å²) in [6.45, 7) is 2.02. The Morgan fingerprint density at radius 2 is 2.00 bits per heavy atom. The molecule has 0 aliphatic rings. The van der Waals surface area contributed by atoms with Gasteiger partial charge in [-0.1, -0.05) is 18.2 Å². The molecule has 0 aliphatic carbocycles. The second-order valence-corrected chi connectivity index (χ2v) is 8.12. The summed E-state index contributed by atoms with van der Waals surface area (Å²) in [5.74, 6) is -0.341. The van der Waals surface area contributed by atoms with Gasteiger partial charge >= 0.3 is 5.97 Å². The minimum Gasteiger partial charge on any atom is -0.454 e. The van der Waals surface area contributed by atoms with Crippen LogP contribution in [-0.2, 0) is 11.3 Å². The van der Waals surface area contributed by atoms with Crippen molar-refractivity contribution in [1.29, 1.82) is 0 Å². The molecule has 7 heteroatoms. The molecule has 0 fully saturated rings. The number of carbonyl (C=O) groups excluding carboxylic acids is 1. The van der Waals surface area contributed by atoms with Gasteiger partial charge in [0.15, 0.2) is 0 Å². The van der Waals surface area contributed by atoms with Crippen LogP contribution in [0.2, 0.25) is 0 Å². The number of nitrogens with zero attached hydrogens (tertiary/aromatic N) is 2. The number of rotatable bonds is 4. The molecule has 24 heavy (non-hydrogen) atoms. The largest absolute Gasteiger partial charge is 0.454 e. The number of ether oxygens (including phenoxy) is 1. The zero-order valence-corrected chi connectivity index (χ0v) is 15.1. The standard InChI is InChI=1S/C17H12N2O2S3/c1-10-15(24-16(18-10)13-7-4-8-22-13)17(20)21-9-14-19-11-5-2-3-6-12(11)23-14/h2-8H,9H2,1H3. The Labute approximate surface area is 150 Å². The van der Waals surface area contributed by atoms with Crippen molar-refractivity contribution in [2.75, 3.05) is 0 Å². The zero-order valence-electron chi connectivity index (χ0n) is 12.7. The normalized spacial score (nSPS) is 11.0. The highest BCUT2D eigenvalue weighted by molar-refractivity contribution is 7.22. The predicted molar refractivity (Wildman–Crippen MR) is 98.9 cm³/mol. The molecule has 120 valence electrons. The van der Waals surface area contributed by atoms with Gasteiger partial charge in [0.25, 0.3) is 0 Å². The van der Waals surface area contributed by atoms with E-state index in [2.05, 4.69) is 9.97 Å². The van der Waals surface area contributed by atoms with E-state index in [1.54, 1.807) is 22.7 Å². The number of thiophene rings is 1. The lowest BCUT2D eigenvalue weighted by Crippen LogP contribution is -2.04. The Morgan fingerprint density at radius 3 is 2.79 bits per heavy atom. The third-order valence-corrected chi connectivity index (χ3v) is 6.57. The Hall–Kier alpha value is -2.09. The number of esters is 1. The molecule has 4 nitrogen and oxygen atoms in total. The molecule has 4 rings (SSSR count). The second-order valence-electron chi connectivity index (χ2n) is 5.06. The SMILES string of the molecule is Cc1nc(-c2cccs2)sc1C(=O)OCc1nc2ccccc2s1. The fourth-order valence-electron chi connectivity index (χ4n) is 2.27. The van der Waals surface area contributed by atoms with Crippen LogP contribution in [-0.4, -0.2) is 15.9 Å². The number of aryl methyl sites for hydroxylation is 1. The lowest BCUT2D eigenvalue weighted by molar-refractivity contribution is 0.0477. The van der Waals surface area contributed by atoms with E-state index in [-0.39, 0.29) is 12.6 Å². The fourth-order valence-corrected chi connectivity index (χ4v) is 4.90. The summed E-state index contributed by atoms with van der Waals surface area (Å²) in [6.07, 6.45) is 0. The van der Waals surface area contributed by atoms with Crippen molar-refractivity contribution in [2.24, 2.45) is 0 Å². The molecule has 0 saturated carbocycles. The summed E-state index contributed by atoms with van der Waals surface area (Å²) in [5, 5.41) is 3.65. The lowest BCUT2D eigenvalue weighted by Gasteiger charge is -2.00. The van der Waals surface area contributed by atoms with E-state index < -0.39 is 0 Å². The van der Waals surface area contributed by atoms with Gasteiger partial charge in [-0.3, -0.25) is 0 Å². The summed E-state index contributed by atoms with van der Waals surface area (Å²) in [4.78, 5) is 22.9. The van der Waals surface area contributed by atoms with Crippen LogP contribution in [0.5, 0.6) is 0 Å². The van der Waals surface area contributed by atoms with E-state index in [0.29, 0.717) is 10.6 Å². The summed E-state index contributed by atoms with van der Waals surface area (Å²) in [7, 11) is 0. The summed E-state index contributed by atoms with van der Waals surface area (Å²) < 4.78 is 6.53. The zero-order chi connectivity index (χ0) is 16.5. The van der Waals surface area contributed by atoms with Gasteiger partial charge in [-0.15, -0.1) is 34.0 Å². The first-order valence-corrected chi connectivity index (χ1v) is 9.75. The molecule has 0 spiro atoms. The second kappa shape index (κ2) is 6.43. The van der Waals surface area contributed by atoms with E-state index >= 15 is 0 Å². The number of para-hydroxylation sites is 1. The van der Waals surface area contributed by atoms with Crippen molar-refractivity contribution in [2.45, 2.75) is 13.5 Å². The quantitative estimate of drug-likeness (QED) is 0.465. The first-order valence-electron chi connectivity index (χ1n) is 7.23. The van der Waals surface area contributed by atoms with Crippen LogP contribution in [0.4, 0.5) is 0 Å². The fraction of sp³-hybridized carbons (Fsp3) is 0.118. The Balaban J connectivity index is 1.50. The topological polar surface area (TPSA) is 52.1 Å². The maximum atomic E-state index is 12.4. The van der Waals surface area contributed by atoms with E-state index in [4.69, 9.17) is 4.74 Å². The molecule has 1 aromatic carbocycles. The Bertz CT molecular complexity index is 969. The highest BCUT2D eigenvalue weighted by Crippen LogP contribution is 2.31. The van der Waals surface area contributed by atoms with Gasteiger partial charge in [-0.2, -0.15) is 0 Å². The molecule has 0 unspecified atom stereocenters. The number of aromatic nitrogens is 2. The summed E-state index contributed by atoms with van der Waals surface area (Å²) in [6, 6.07) is 11.9. The summed E-state index contributed by atoms with van der Waals surface area (Å²) in [5.41, 5.74) is 1.64. The maximum absolute atomic E-state index is 12.4. The van der Waals surface area contributed by atoms with Crippen LogP contribution >= 0.6 is 34.0 Å². The minimum atomic E-state index is -0.341. The third kappa shape index (κ3) is 2.98. The van der Waals surface area contributed by atoms with Crippen LogP contribution in [0.1, 0.15) is 20.4 Å². The van der Waals surface area contributed by atoms with Crippen LogP contribution in [0.15, 0.2) is 41.8 Å². The monoisotopic (exact) mass is 372 g/mol. The minimum absolute atomic E-state index is 0.184. The van der Waals surface area contributed by atoms with Crippen molar-refractivity contribution in [3.63, 3.8) is 0 Å². The van der Waals surface area contributed by atoms with Crippen molar-refractivity contribution >= 4 is 50.2 Å². The van der Waals surface area contributed by atoms with Crippen molar-refractivity contribution in [3.8, 4) is 9.88 Å². The number of hydrogen-bond donors (Lipinski definition) is 0. The molecule has 0 N–H and O–H groups in total. The average Bonchev–Trinajstić information content (AvgIpc) is 3.31. The molecule has 4 aromatic rings. The first-order chi connectivity index (χ1) is 11.7. The number of benzene rings is 1. The Kier molecular flexibility index (Phi) is 4.13. The molecule has 3 heterocycles. The van der Waals surface area contributed by atoms with Crippen LogP contribution in [0, 0.1) is 6.92 Å². The van der Waals surface area contributed by atoms with Gasteiger partial charge in [0.05, 0.1) is 20.8 Å². The molecule has 0 aliphatic heterocycles. The van der Waals surface area contributed by atoms with Crippen molar-refractivity contribution in [1.82, 2.24) is 9.97 Å². The highest BCUT2D eigenvalue weighted by atomic mass is 32.1. The smallest absolute Gasteiger partial charge is 0.350 e. The molecule has 0 radical (unpaired) electrons. The third-order valence-electron chi connectivity index (χ3n) is 3.38. The number of carbonyl (C=O) groups is 1. The molecule has 0 saturated heterocycles. The lowest BCUT2D eigenvalue weighted by atomic mass is 10.3. The van der Waals surface area contributed by atoms with E-state index in [1.807, 2.05) is 48.7 Å². The van der Waals surface area contributed by atoms with Gasteiger partial charge in [-0.05, 0) is 30.5 Å². The summed E-state index contributed by atoms with van der Waals surface area (Å²) >= 11 is 4.53. The number of thiazole rings is 2. The molecule has 0 atom stereocenters. The van der Waals surface area contributed by atoms with Crippen LogP contribution < -0.4 is 0 Å². The van der Waals surface area contributed by atoms with Crippen molar-refractivity contribution in [3.05, 3.63) is 57.4 Å². The molecule has 3 aromatic heterocycles. The highest BCUT2D eigenvalue weighted by Gasteiger charge is 2.18. The van der Waals surface area contributed by atoms with Gasteiger partial charge in [0, 0.05) is 0 Å². The van der Waals surface area contributed by atoms with E-state index in [9.17, 15) is 4.79 Å². The average molecular weight is 372 g/mol. The van der Waals surface area contributed by atoms with Crippen molar-refractivity contribution < 1.29 is 9.53 Å². The molecular formula is C17H12N2O2S3. The maximum Gasteiger partial charge on any atom is 0.350 e. The van der Waals surface area contributed by atoms with Gasteiger partial charge < -0.3 is 4.74 Å². The van der Waals surface area contributed by atoms with E-state index in [1.165, 1.54) is 11.3 Å². The van der Waals surface area contributed by atoms with E-state index in [0.717, 1.165) is 25.1 Å². The first kappa shape index (κ1) is 15.4. The van der Waals surface area contributed by atoms with Gasteiger partial charge in [0.2, 0.25) is 0 Å². The van der Waals surface area contributed by atoms with Crippen LogP contribution in [0.3, 0.4) is 0 Å². The number of fused-ring (bicyclic) bond motifs is 1. The van der Waals surface area contributed by atoms with Gasteiger partial charge in [-0.25, -0.2) is 14.8 Å². The molecular weight excluding hydrogens is 360 g/mol. The predicted octanol–water partition coefficient (Wildman–Crippen LogP) is 5.15. The van der Waals surface area contributed by atoms with Crippen LogP contribution in [0.25, 0.3) is 20.1 Å². The molecule has 0 bridgehead atoms. The number of hydrogen-bond acceptors (Lipinski definition) is 7. The van der Waals surface area contributed by atoms with Gasteiger partial charge in [0.1, 0.15) is 21.5 Å². The molecule has 0 amide bonds. The Morgan fingerprint density at radius 1 is 1.12 bits per heavy atom.